The van der Waals surface area contributed by atoms with Crippen LogP contribution in [0.25, 0.3) is 5.69 Å². The molecular formula is C14H17N3O3. The number of carbonyl (C=O) groups is 1. The minimum Gasteiger partial charge on any atom is -0.497 e. The molecule has 0 bridgehead atoms. The molecule has 1 aromatic carbocycles. The standard InChI is InChI=1S/C14H17N3O3/c1-3-4-9-20-14(18)13-10-17(16-15-13)11-5-7-12(19-2)8-6-11/h5-8,10H,3-4,9H2,1-2H3. The number of benzene rings is 1. The zero-order valence-corrected chi connectivity index (χ0v) is 11.6. The summed E-state index contributed by atoms with van der Waals surface area (Å²) in [6.45, 7) is 2.44. The molecule has 106 valence electrons. The minimum atomic E-state index is -0.446. The topological polar surface area (TPSA) is 66.2 Å². The van der Waals surface area contributed by atoms with Crippen LogP contribution in [0, 0.1) is 0 Å². The van der Waals surface area contributed by atoms with Crippen molar-refractivity contribution in [3.8, 4) is 11.4 Å². The number of carbonyl (C=O) groups excluding carboxylic acids is 1. The highest BCUT2D eigenvalue weighted by molar-refractivity contribution is 5.86. The summed E-state index contributed by atoms with van der Waals surface area (Å²) in [4.78, 5) is 11.7. The maximum absolute atomic E-state index is 11.7. The van der Waals surface area contributed by atoms with Crippen molar-refractivity contribution < 1.29 is 14.3 Å². The van der Waals surface area contributed by atoms with E-state index in [2.05, 4.69) is 10.3 Å². The van der Waals surface area contributed by atoms with Gasteiger partial charge < -0.3 is 9.47 Å². The van der Waals surface area contributed by atoms with Gasteiger partial charge >= 0.3 is 5.97 Å². The Bertz CT molecular complexity index is 563. The molecule has 0 saturated heterocycles. The first kappa shape index (κ1) is 14.0. The van der Waals surface area contributed by atoms with E-state index in [4.69, 9.17) is 9.47 Å². The molecular weight excluding hydrogens is 258 g/mol. The molecule has 0 saturated carbocycles. The smallest absolute Gasteiger partial charge is 0.360 e. The summed E-state index contributed by atoms with van der Waals surface area (Å²) in [6.07, 6.45) is 3.38. The van der Waals surface area contributed by atoms with Gasteiger partial charge in [0.2, 0.25) is 0 Å². The molecule has 1 heterocycles. The van der Waals surface area contributed by atoms with Crippen LogP contribution in [0.5, 0.6) is 5.75 Å². The Hall–Kier alpha value is -2.37. The molecule has 2 aromatic rings. The van der Waals surface area contributed by atoms with E-state index in [1.807, 2.05) is 31.2 Å². The maximum atomic E-state index is 11.7. The third kappa shape index (κ3) is 3.34. The van der Waals surface area contributed by atoms with Crippen LogP contribution in [-0.2, 0) is 4.74 Å². The Balaban J connectivity index is 2.05. The minimum absolute atomic E-state index is 0.205. The van der Waals surface area contributed by atoms with Gasteiger partial charge in [-0.1, -0.05) is 18.6 Å². The number of hydrogen-bond acceptors (Lipinski definition) is 5. The average molecular weight is 275 g/mol. The van der Waals surface area contributed by atoms with Crippen molar-refractivity contribution in [3.63, 3.8) is 0 Å². The van der Waals surface area contributed by atoms with Gasteiger partial charge in [-0.3, -0.25) is 0 Å². The fraction of sp³-hybridized carbons (Fsp3) is 0.357. The molecule has 0 spiro atoms. The van der Waals surface area contributed by atoms with E-state index in [9.17, 15) is 4.79 Å². The summed E-state index contributed by atoms with van der Waals surface area (Å²) in [5, 5.41) is 7.74. The first-order valence-corrected chi connectivity index (χ1v) is 6.48. The van der Waals surface area contributed by atoms with Gasteiger partial charge in [-0.2, -0.15) is 0 Å². The van der Waals surface area contributed by atoms with Crippen LogP contribution in [0.3, 0.4) is 0 Å². The zero-order chi connectivity index (χ0) is 14.4. The lowest BCUT2D eigenvalue weighted by molar-refractivity contribution is 0.0492. The van der Waals surface area contributed by atoms with Gasteiger partial charge in [0.15, 0.2) is 5.69 Å². The number of nitrogens with zero attached hydrogens (tertiary/aromatic N) is 3. The molecule has 0 amide bonds. The number of esters is 1. The van der Waals surface area contributed by atoms with Gasteiger partial charge in [-0.15, -0.1) is 5.10 Å². The molecule has 0 fully saturated rings. The maximum Gasteiger partial charge on any atom is 0.360 e. The summed E-state index contributed by atoms with van der Waals surface area (Å²) < 4.78 is 11.7. The molecule has 0 atom stereocenters. The number of unbranched alkanes of at least 4 members (excludes halogenated alkanes) is 1. The van der Waals surface area contributed by atoms with Crippen LogP contribution in [0.2, 0.25) is 0 Å². The largest absolute Gasteiger partial charge is 0.497 e. The van der Waals surface area contributed by atoms with Crippen molar-refractivity contribution in [2.75, 3.05) is 13.7 Å². The summed E-state index contributed by atoms with van der Waals surface area (Å²) in [5.74, 6) is 0.311. The normalized spacial score (nSPS) is 10.3. The summed E-state index contributed by atoms with van der Waals surface area (Å²) >= 11 is 0. The molecule has 6 nitrogen and oxygen atoms in total. The second-order valence-electron chi connectivity index (χ2n) is 4.24. The van der Waals surface area contributed by atoms with Gasteiger partial charge in [-0.05, 0) is 30.7 Å². The molecule has 1 aromatic heterocycles. The Morgan fingerprint density at radius 3 is 2.70 bits per heavy atom. The van der Waals surface area contributed by atoms with Crippen LogP contribution in [0.4, 0.5) is 0 Å². The Kier molecular flexibility index (Phi) is 4.70. The van der Waals surface area contributed by atoms with Crippen LogP contribution >= 0.6 is 0 Å². The number of aromatic nitrogens is 3. The summed E-state index contributed by atoms with van der Waals surface area (Å²) in [7, 11) is 1.61. The lowest BCUT2D eigenvalue weighted by atomic mass is 10.3. The number of methoxy groups -OCH3 is 1. The summed E-state index contributed by atoms with van der Waals surface area (Å²) in [6, 6.07) is 7.30. The fourth-order valence-electron chi connectivity index (χ4n) is 1.60. The van der Waals surface area contributed by atoms with Crippen LogP contribution < -0.4 is 4.74 Å². The fourth-order valence-corrected chi connectivity index (χ4v) is 1.60. The third-order valence-electron chi connectivity index (χ3n) is 2.77. The highest BCUT2D eigenvalue weighted by atomic mass is 16.5. The van der Waals surface area contributed by atoms with E-state index in [0.29, 0.717) is 6.61 Å². The van der Waals surface area contributed by atoms with Gasteiger partial charge in [0, 0.05) is 0 Å². The third-order valence-corrected chi connectivity index (χ3v) is 2.77. The van der Waals surface area contributed by atoms with Crippen LogP contribution in [-0.4, -0.2) is 34.7 Å². The van der Waals surface area contributed by atoms with Crippen molar-refractivity contribution in [3.05, 3.63) is 36.2 Å². The average Bonchev–Trinajstić information content (AvgIpc) is 2.97. The molecule has 0 aliphatic carbocycles. The second-order valence-corrected chi connectivity index (χ2v) is 4.24. The SMILES string of the molecule is CCCCOC(=O)c1cn(-c2ccc(OC)cc2)nn1. The second kappa shape index (κ2) is 6.70. The van der Waals surface area contributed by atoms with Crippen molar-refractivity contribution in [2.45, 2.75) is 19.8 Å². The quantitative estimate of drug-likeness (QED) is 0.597. The van der Waals surface area contributed by atoms with Gasteiger partial charge in [0.05, 0.1) is 25.6 Å². The van der Waals surface area contributed by atoms with Crippen molar-refractivity contribution in [2.24, 2.45) is 0 Å². The zero-order valence-electron chi connectivity index (χ0n) is 11.6. The first-order valence-electron chi connectivity index (χ1n) is 6.48. The van der Waals surface area contributed by atoms with Crippen molar-refractivity contribution in [1.82, 2.24) is 15.0 Å². The molecule has 0 unspecified atom stereocenters. The predicted molar refractivity (Wildman–Crippen MR) is 73.1 cm³/mol. The van der Waals surface area contributed by atoms with Gasteiger partial charge in [0.1, 0.15) is 5.75 Å². The Morgan fingerprint density at radius 1 is 1.30 bits per heavy atom. The van der Waals surface area contributed by atoms with E-state index >= 15 is 0 Å². The molecule has 0 aliphatic heterocycles. The lowest BCUT2D eigenvalue weighted by Gasteiger charge is -2.02. The molecule has 20 heavy (non-hydrogen) atoms. The lowest BCUT2D eigenvalue weighted by Crippen LogP contribution is -2.06. The van der Waals surface area contributed by atoms with Crippen LogP contribution in [0.15, 0.2) is 30.5 Å². The highest BCUT2D eigenvalue weighted by Gasteiger charge is 2.12. The number of rotatable bonds is 6. The summed E-state index contributed by atoms with van der Waals surface area (Å²) in [5.41, 5.74) is 1.00. The highest BCUT2D eigenvalue weighted by Crippen LogP contribution is 2.14. The van der Waals surface area contributed by atoms with Crippen LogP contribution in [0.1, 0.15) is 30.3 Å². The molecule has 0 aliphatic rings. The Labute approximate surface area is 117 Å². The monoisotopic (exact) mass is 275 g/mol. The van der Waals surface area contributed by atoms with E-state index in [-0.39, 0.29) is 5.69 Å². The first-order chi connectivity index (χ1) is 9.74. The molecule has 0 radical (unpaired) electrons. The van der Waals surface area contributed by atoms with E-state index < -0.39 is 5.97 Å². The molecule has 0 N–H and O–H groups in total. The predicted octanol–water partition coefficient (Wildman–Crippen LogP) is 2.23. The Morgan fingerprint density at radius 2 is 2.05 bits per heavy atom. The van der Waals surface area contributed by atoms with Crippen molar-refractivity contribution in [1.29, 1.82) is 0 Å². The van der Waals surface area contributed by atoms with E-state index in [0.717, 1.165) is 24.3 Å². The van der Waals surface area contributed by atoms with Gasteiger partial charge in [-0.25, -0.2) is 9.48 Å². The molecule has 2 rings (SSSR count). The number of ether oxygens (including phenoxy) is 2. The molecule has 6 heteroatoms. The van der Waals surface area contributed by atoms with Crippen molar-refractivity contribution >= 4 is 5.97 Å². The van der Waals surface area contributed by atoms with E-state index in [1.54, 1.807) is 13.3 Å². The number of hydrogen-bond donors (Lipinski definition) is 0. The van der Waals surface area contributed by atoms with E-state index in [1.165, 1.54) is 4.68 Å². The van der Waals surface area contributed by atoms with Gasteiger partial charge in [0.25, 0.3) is 0 Å².